The van der Waals surface area contributed by atoms with Crippen molar-refractivity contribution in [2.24, 2.45) is 0 Å². The zero-order valence-electron chi connectivity index (χ0n) is 11.8. The first-order valence-electron chi connectivity index (χ1n) is 6.59. The lowest BCUT2D eigenvalue weighted by atomic mass is 10.1. The SMILES string of the molecule is Cc1ccc(CC(=O)N(C)Cc2ccccc2F)cc1. The minimum Gasteiger partial charge on any atom is -0.341 e. The van der Waals surface area contributed by atoms with Gasteiger partial charge in [0, 0.05) is 19.2 Å². The average molecular weight is 271 g/mol. The Hall–Kier alpha value is -2.16. The van der Waals surface area contributed by atoms with Crippen LogP contribution in [-0.4, -0.2) is 17.9 Å². The molecule has 2 rings (SSSR count). The number of amides is 1. The van der Waals surface area contributed by atoms with Crippen LogP contribution < -0.4 is 0 Å². The van der Waals surface area contributed by atoms with Crippen molar-refractivity contribution < 1.29 is 9.18 Å². The van der Waals surface area contributed by atoms with Crippen LogP contribution in [0.4, 0.5) is 4.39 Å². The predicted molar refractivity (Wildman–Crippen MR) is 77.8 cm³/mol. The van der Waals surface area contributed by atoms with Crippen LogP contribution in [0.1, 0.15) is 16.7 Å². The summed E-state index contributed by atoms with van der Waals surface area (Å²) in [5.41, 5.74) is 2.68. The summed E-state index contributed by atoms with van der Waals surface area (Å²) in [5.74, 6) is -0.292. The van der Waals surface area contributed by atoms with Crippen LogP contribution in [0.15, 0.2) is 48.5 Å². The second kappa shape index (κ2) is 6.33. The van der Waals surface area contributed by atoms with E-state index in [0.717, 1.165) is 5.56 Å². The smallest absolute Gasteiger partial charge is 0.227 e. The summed E-state index contributed by atoms with van der Waals surface area (Å²) in [6, 6.07) is 14.4. The topological polar surface area (TPSA) is 20.3 Å². The first-order valence-corrected chi connectivity index (χ1v) is 6.59. The molecule has 0 saturated carbocycles. The summed E-state index contributed by atoms with van der Waals surface area (Å²) in [6.07, 6.45) is 0.339. The van der Waals surface area contributed by atoms with E-state index in [-0.39, 0.29) is 18.3 Å². The summed E-state index contributed by atoms with van der Waals surface area (Å²) < 4.78 is 13.5. The van der Waals surface area contributed by atoms with Crippen molar-refractivity contribution >= 4 is 5.91 Å². The molecule has 3 heteroatoms. The number of carbonyl (C=O) groups excluding carboxylic acids is 1. The summed E-state index contributed by atoms with van der Waals surface area (Å²) in [5, 5.41) is 0. The molecule has 0 unspecified atom stereocenters. The fraction of sp³-hybridized carbons (Fsp3) is 0.235. The number of rotatable bonds is 4. The Kier molecular flexibility index (Phi) is 4.51. The second-order valence-electron chi connectivity index (χ2n) is 5.00. The maximum Gasteiger partial charge on any atom is 0.227 e. The van der Waals surface area contributed by atoms with Gasteiger partial charge < -0.3 is 4.90 Å². The van der Waals surface area contributed by atoms with Gasteiger partial charge in [0.15, 0.2) is 0 Å². The fourth-order valence-electron chi connectivity index (χ4n) is 1.99. The third-order valence-electron chi connectivity index (χ3n) is 3.27. The number of hydrogen-bond donors (Lipinski definition) is 0. The molecule has 0 bridgehead atoms. The summed E-state index contributed by atoms with van der Waals surface area (Å²) in [7, 11) is 1.70. The van der Waals surface area contributed by atoms with Gasteiger partial charge in [-0.1, -0.05) is 48.0 Å². The third-order valence-corrected chi connectivity index (χ3v) is 3.27. The highest BCUT2D eigenvalue weighted by Gasteiger charge is 2.12. The lowest BCUT2D eigenvalue weighted by molar-refractivity contribution is -0.129. The Morgan fingerprint density at radius 1 is 1.10 bits per heavy atom. The van der Waals surface area contributed by atoms with Gasteiger partial charge in [0.2, 0.25) is 5.91 Å². The van der Waals surface area contributed by atoms with Crippen LogP contribution in [-0.2, 0) is 17.8 Å². The molecule has 0 aliphatic rings. The van der Waals surface area contributed by atoms with E-state index in [0.29, 0.717) is 12.0 Å². The predicted octanol–water partition coefficient (Wildman–Crippen LogP) is 3.34. The van der Waals surface area contributed by atoms with Crippen LogP contribution in [0.3, 0.4) is 0 Å². The van der Waals surface area contributed by atoms with Gasteiger partial charge in [0.05, 0.1) is 6.42 Å². The highest BCUT2D eigenvalue weighted by atomic mass is 19.1. The van der Waals surface area contributed by atoms with E-state index >= 15 is 0 Å². The highest BCUT2D eigenvalue weighted by Crippen LogP contribution is 2.11. The molecule has 2 nitrogen and oxygen atoms in total. The molecule has 0 fully saturated rings. The van der Waals surface area contributed by atoms with E-state index in [4.69, 9.17) is 0 Å². The lowest BCUT2D eigenvalue weighted by Gasteiger charge is -2.17. The van der Waals surface area contributed by atoms with Crippen molar-refractivity contribution in [2.75, 3.05) is 7.05 Å². The van der Waals surface area contributed by atoms with Crippen molar-refractivity contribution in [1.29, 1.82) is 0 Å². The standard InChI is InChI=1S/C17H18FNO/c1-13-7-9-14(10-8-13)11-17(20)19(2)12-15-5-3-4-6-16(15)18/h3-10H,11-12H2,1-2H3. The highest BCUT2D eigenvalue weighted by molar-refractivity contribution is 5.78. The molecule has 0 aromatic heterocycles. The quantitative estimate of drug-likeness (QED) is 0.835. The molecular weight excluding hydrogens is 253 g/mol. The first-order chi connectivity index (χ1) is 9.56. The van der Waals surface area contributed by atoms with Gasteiger partial charge in [-0.05, 0) is 18.6 Å². The number of aryl methyl sites for hydroxylation is 1. The van der Waals surface area contributed by atoms with E-state index < -0.39 is 0 Å². The first kappa shape index (κ1) is 14.3. The number of halogens is 1. The zero-order valence-corrected chi connectivity index (χ0v) is 11.8. The van der Waals surface area contributed by atoms with Crippen LogP contribution in [0.25, 0.3) is 0 Å². The Labute approximate surface area is 118 Å². The molecular formula is C17H18FNO. The molecule has 0 N–H and O–H groups in total. The number of benzene rings is 2. The second-order valence-corrected chi connectivity index (χ2v) is 5.00. The lowest BCUT2D eigenvalue weighted by Crippen LogP contribution is -2.28. The third kappa shape index (κ3) is 3.67. The van der Waals surface area contributed by atoms with E-state index in [1.807, 2.05) is 31.2 Å². The van der Waals surface area contributed by atoms with Gasteiger partial charge in [-0.2, -0.15) is 0 Å². The van der Waals surface area contributed by atoms with Crippen molar-refractivity contribution in [3.05, 3.63) is 71.0 Å². The summed E-state index contributed by atoms with van der Waals surface area (Å²) in [6.45, 7) is 2.30. The molecule has 0 aliphatic heterocycles. The van der Waals surface area contributed by atoms with Gasteiger partial charge >= 0.3 is 0 Å². The van der Waals surface area contributed by atoms with Gasteiger partial charge in [-0.15, -0.1) is 0 Å². The molecule has 0 spiro atoms. The monoisotopic (exact) mass is 271 g/mol. The molecule has 0 saturated heterocycles. The summed E-state index contributed by atoms with van der Waals surface area (Å²) in [4.78, 5) is 13.7. The molecule has 1 amide bonds. The molecule has 0 atom stereocenters. The number of carbonyl (C=O) groups is 1. The van der Waals surface area contributed by atoms with Crippen molar-refractivity contribution in [2.45, 2.75) is 19.9 Å². The number of nitrogens with zero attached hydrogens (tertiary/aromatic N) is 1. The Bertz CT molecular complexity index is 592. The molecule has 20 heavy (non-hydrogen) atoms. The normalized spacial score (nSPS) is 10.3. The maximum absolute atomic E-state index is 13.5. The molecule has 2 aromatic carbocycles. The van der Waals surface area contributed by atoms with Gasteiger partial charge in [0.1, 0.15) is 5.82 Å². The van der Waals surface area contributed by atoms with Gasteiger partial charge in [0.25, 0.3) is 0 Å². The minimum absolute atomic E-state index is 0.0166. The largest absolute Gasteiger partial charge is 0.341 e. The minimum atomic E-state index is -0.275. The molecule has 0 radical (unpaired) electrons. The van der Waals surface area contributed by atoms with Gasteiger partial charge in [-0.25, -0.2) is 4.39 Å². The van der Waals surface area contributed by atoms with Crippen molar-refractivity contribution in [1.82, 2.24) is 4.90 Å². The Balaban J connectivity index is 1.99. The van der Waals surface area contributed by atoms with E-state index in [1.54, 1.807) is 30.1 Å². The van der Waals surface area contributed by atoms with E-state index in [9.17, 15) is 9.18 Å². The fourth-order valence-corrected chi connectivity index (χ4v) is 1.99. The van der Waals surface area contributed by atoms with Crippen LogP contribution in [0.2, 0.25) is 0 Å². The van der Waals surface area contributed by atoms with Crippen LogP contribution in [0, 0.1) is 12.7 Å². The van der Waals surface area contributed by atoms with E-state index in [2.05, 4.69) is 0 Å². The molecule has 0 aliphatic carbocycles. The van der Waals surface area contributed by atoms with Crippen LogP contribution >= 0.6 is 0 Å². The van der Waals surface area contributed by atoms with E-state index in [1.165, 1.54) is 11.6 Å². The Morgan fingerprint density at radius 2 is 1.75 bits per heavy atom. The molecule has 0 heterocycles. The Morgan fingerprint density at radius 3 is 2.40 bits per heavy atom. The molecule has 104 valence electrons. The number of hydrogen-bond acceptors (Lipinski definition) is 1. The van der Waals surface area contributed by atoms with Crippen molar-refractivity contribution in [3.8, 4) is 0 Å². The van der Waals surface area contributed by atoms with Gasteiger partial charge in [-0.3, -0.25) is 4.79 Å². The zero-order chi connectivity index (χ0) is 14.5. The average Bonchev–Trinajstić information content (AvgIpc) is 2.44. The summed E-state index contributed by atoms with van der Waals surface area (Å²) >= 11 is 0. The van der Waals surface area contributed by atoms with Crippen molar-refractivity contribution in [3.63, 3.8) is 0 Å². The number of likely N-dealkylation sites (N-methyl/N-ethyl adjacent to an activating group) is 1. The van der Waals surface area contributed by atoms with Crippen LogP contribution in [0.5, 0.6) is 0 Å². The molecule has 2 aromatic rings. The maximum atomic E-state index is 13.5.